The van der Waals surface area contributed by atoms with Gasteiger partial charge in [-0.05, 0) is 73.8 Å². The summed E-state index contributed by atoms with van der Waals surface area (Å²) in [5.41, 5.74) is 17.0. The van der Waals surface area contributed by atoms with Crippen molar-refractivity contribution in [2.75, 3.05) is 0 Å². The number of hydrogen-bond donors (Lipinski definition) is 0. The summed E-state index contributed by atoms with van der Waals surface area (Å²) in [4.78, 5) is 15.2. The predicted octanol–water partition coefficient (Wildman–Crippen LogP) is 12.8. The Morgan fingerprint density at radius 1 is 0.321 bits per heavy atom. The SMILES string of the molecule is c1ccc(-c2nc(-c3ccc(-c4ccc5c(c4)-c4ccccc4C54c5ccccc5-c5ccccc54)cc3)nc(-c3cccc4oc5ccccc5c34)n2)cc1. The second kappa shape index (κ2) is 11.8. The van der Waals surface area contributed by atoms with E-state index in [2.05, 4.69) is 127 Å². The minimum atomic E-state index is -0.346. The fourth-order valence-corrected chi connectivity index (χ4v) is 9.39. The van der Waals surface area contributed by atoms with Crippen LogP contribution in [-0.2, 0) is 5.41 Å². The maximum Gasteiger partial charge on any atom is 0.164 e. The van der Waals surface area contributed by atoms with Crippen molar-refractivity contribution in [3.05, 3.63) is 210 Å². The molecule has 0 aliphatic heterocycles. The summed E-state index contributed by atoms with van der Waals surface area (Å²) in [5, 5.41) is 2.04. The van der Waals surface area contributed by atoms with Crippen LogP contribution in [0.25, 0.3) is 89.5 Å². The van der Waals surface area contributed by atoms with E-state index in [1.165, 1.54) is 50.1 Å². The lowest BCUT2D eigenvalue weighted by Crippen LogP contribution is -2.25. The zero-order chi connectivity index (χ0) is 36.8. The van der Waals surface area contributed by atoms with Crippen LogP contribution in [0.2, 0.25) is 0 Å². The molecule has 0 N–H and O–H groups in total. The van der Waals surface area contributed by atoms with E-state index in [1.807, 2.05) is 60.7 Å². The Hall–Kier alpha value is -7.43. The number of rotatable bonds is 4. The Morgan fingerprint density at radius 3 is 1.50 bits per heavy atom. The summed E-state index contributed by atoms with van der Waals surface area (Å²) in [6, 6.07) is 66.8. The van der Waals surface area contributed by atoms with Crippen LogP contribution in [0.4, 0.5) is 0 Å². The summed E-state index contributed by atoms with van der Waals surface area (Å²) in [7, 11) is 0. The average molecular weight is 714 g/mol. The van der Waals surface area contributed by atoms with Gasteiger partial charge in [-0.3, -0.25) is 0 Å². The molecule has 0 radical (unpaired) electrons. The number of hydrogen-bond acceptors (Lipinski definition) is 4. The van der Waals surface area contributed by atoms with E-state index in [0.29, 0.717) is 17.5 Å². The van der Waals surface area contributed by atoms with E-state index in [9.17, 15) is 0 Å². The summed E-state index contributed by atoms with van der Waals surface area (Å²) in [5.74, 6) is 1.85. The molecule has 2 aromatic heterocycles. The van der Waals surface area contributed by atoms with Crippen molar-refractivity contribution in [2.45, 2.75) is 5.41 Å². The Labute approximate surface area is 323 Å². The molecule has 260 valence electrons. The standard InChI is InChI=1S/C52H31N3O/c1-2-13-33(14-3-1)49-53-50(55-51(54-49)40-19-12-24-47-48(40)39-18-7-11-23-46(39)56-47)34-27-25-32(26-28-34)35-29-30-45-41(31-35)38-17-6-10-22-44(38)52(45)42-20-8-4-15-36(42)37-16-5-9-21-43(37)52/h1-31H. The molecule has 2 heterocycles. The van der Waals surface area contributed by atoms with E-state index in [-0.39, 0.29) is 5.41 Å². The molecule has 10 aromatic rings. The minimum absolute atomic E-state index is 0.346. The van der Waals surface area contributed by atoms with E-state index in [0.717, 1.165) is 44.2 Å². The highest BCUT2D eigenvalue weighted by molar-refractivity contribution is 6.11. The van der Waals surface area contributed by atoms with Crippen LogP contribution in [0, 0.1) is 0 Å². The molecule has 0 atom stereocenters. The molecule has 1 spiro atoms. The van der Waals surface area contributed by atoms with Crippen LogP contribution in [-0.4, -0.2) is 15.0 Å². The lowest BCUT2D eigenvalue weighted by atomic mass is 9.70. The molecule has 0 unspecified atom stereocenters. The van der Waals surface area contributed by atoms with E-state index >= 15 is 0 Å². The molecule has 4 nitrogen and oxygen atoms in total. The molecular weight excluding hydrogens is 683 g/mol. The normalized spacial score (nSPS) is 13.1. The molecule has 4 heteroatoms. The van der Waals surface area contributed by atoms with Crippen LogP contribution in [0.1, 0.15) is 22.3 Å². The highest BCUT2D eigenvalue weighted by atomic mass is 16.3. The molecule has 2 aliphatic carbocycles. The van der Waals surface area contributed by atoms with Crippen LogP contribution in [0.3, 0.4) is 0 Å². The number of benzene rings is 8. The molecule has 0 saturated carbocycles. The Bertz CT molecular complexity index is 3150. The van der Waals surface area contributed by atoms with E-state index in [4.69, 9.17) is 19.4 Å². The van der Waals surface area contributed by atoms with Crippen molar-refractivity contribution in [1.82, 2.24) is 15.0 Å². The van der Waals surface area contributed by atoms with Gasteiger partial charge in [0.25, 0.3) is 0 Å². The fourth-order valence-electron chi connectivity index (χ4n) is 9.39. The van der Waals surface area contributed by atoms with Gasteiger partial charge in [0.1, 0.15) is 11.2 Å². The summed E-state index contributed by atoms with van der Waals surface area (Å²) in [6.45, 7) is 0. The van der Waals surface area contributed by atoms with E-state index < -0.39 is 0 Å². The maximum absolute atomic E-state index is 6.23. The van der Waals surface area contributed by atoms with Gasteiger partial charge in [0.15, 0.2) is 17.5 Å². The summed E-state index contributed by atoms with van der Waals surface area (Å²) < 4.78 is 6.23. The molecule has 56 heavy (non-hydrogen) atoms. The van der Waals surface area contributed by atoms with Gasteiger partial charge in [-0.2, -0.15) is 0 Å². The average Bonchev–Trinajstić information content (AvgIpc) is 3.91. The summed E-state index contributed by atoms with van der Waals surface area (Å²) in [6.07, 6.45) is 0. The quantitative estimate of drug-likeness (QED) is 0.182. The molecular formula is C52H31N3O. The van der Waals surface area contributed by atoms with Crippen LogP contribution < -0.4 is 0 Å². The first-order valence-electron chi connectivity index (χ1n) is 19.0. The highest BCUT2D eigenvalue weighted by Crippen LogP contribution is 2.62. The Balaban J connectivity index is 0.982. The molecule has 0 fully saturated rings. The largest absolute Gasteiger partial charge is 0.456 e. The summed E-state index contributed by atoms with van der Waals surface area (Å²) >= 11 is 0. The van der Waals surface area contributed by atoms with Gasteiger partial charge in [0.05, 0.1) is 5.41 Å². The zero-order valence-electron chi connectivity index (χ0n) is 30.1. The first kappa shape index (κ1) is 31.0. The van der Waals surface area contributed by atoms with Crippen molar-refractivity contribution in [2.24, 2.45) is 0 Å². The molecule has 12 rings (SSSR count). The number of aromatic nitrogens is 3. The molecule has 2 aliphatic rings. The first-order valence-corrected chi connectivity index (χ1v) is 19.0. The van der Waals surface area contributed by atoms with Crippen molar-refractivity contribution >= 4 is 21.9 Å². The number of nitrogens with zero attached hydrogens (tertiary/aromatic N) is 3. The van der Waals surface area contributed by atoms with Gasteiger partial charge >= 0.3 is 0 Å². The third kappa shape index (κ3) is 4.32. The minimum Gasteiger partial charge on any atom is -0.456 e. The first-order chi connectivity index (χ1) is 27.8. The Kier molecular flexibility index (Phi) is 6.52. The van der Waals surface area contributed by atoms with Crippen molar-refractivity contribution in [3.8, 4) is 67.5 Å². The molecule has 0 saturated heterocycles. The van der Waals surface area contributed by atoms with Gasteiger partial charge < -0.3 is 4.42 Å². The maximum atomic E-state index is 6.23. The third-order valence-corrected chi connectivity index (χ3v) is 11.8. The van der Waals surface area contributed by atoms with Gasteiger partial charge in [-0.15, -0.1) is 0 Å². The molecule has 0 amide bonds. The lowest BCUT2D eigenvalue weighted by molar-refractivity contribution is 0.669. The monoisotopic (exact) mass is 713 g/mol. The van der Waals surface area contributed by atoms with Crippen LogP contribution in [0.5, 0.6) is 0 Å². The van der Waals surface area contributed by atoms with Crippen molar-refractivity contribution in [1.29, 1.82) is 0 Å². The number of furan rings is 1. The number of fused-ring (bicyclic) bond motifs is 13. The molecule has 0 bridgehead atoms. The van der Waals surface area contributed by atoms with Crippen LogP contribution >= 0.6 is 0 Å². The zero-order valence-corrected chi connectivity index (χ0v) is 30.1. The number of para-hydroxylation sites is 1. The second-order valence-electron chi connectivity index (χ2n) is 14.7. The van der Waals surface area contributed by atoms with Crippen molar-refractivity contribution in [3.63, 3.8) is 0 Å². The molecule has 8 aromatic carbocycles. The lowest BCUT2D eigenvalue weighted by Gasteiger charge is -2.30. The topological polar surface area (TPSA) is 51.8 Å². The second-order valence-corrected chi connectivity index (χ2v) is 14.7. The van der Waals surface area contributed by atoms with Gasteiger partial charge in [-0.1, -0.05) is 170 Å². The van der Waals surface area contributed by atoms with E-state index in [1.54, 1.807) is 0 Å². The Morgan fingerprint density at radius 2 is 0.804 bits per heavy atom. The fraction of sp³-hybridized carbons (Fsp3) is 0.0192. The third-order valence-electron chi connectivity index (χ3n) is 11.8. The van der Waals surface area contributed by atoms with Crippen LogP contribution in [0.15, 0.2) is 192 Å². The van der Waals surface area contributed by atoms with Gasteiger partial charge in [0, 0.05) is 27.5 Å². The predicted molar refractivity (Wildman–Crippen MR) is 225 cm³/mol. The van der Waals surface area contributed by atoms with Gasteiger partial charge in [-0.25, -0.2) is 15.0 Å². The van der Waals surface area contributed by atoms with Gasteiger partial charge in [0.2, 0.25) is 0 Å². The smallest absolute Gasteiger partial charge is 0.164 e. The van der Waals surface area contributed by atoms with Crippen molar-refractivity contribution < 1.29 is 4.42 Å². The highest BCUT2D eigenvalue weighted by Gasteiger charge is 2.51.